The third-order valence-corrected chi connectivity index (χ3v) is 6.14. The van der Waals surface area contributed by atoms with Gasteiger partial charge in [0.1, 0.15) is 12.4 Å². The predicted molar refractivity (Wildman–Crippen MR) is 107 cm³/mol. The Bertz CT molecular complexity index is 880. The van der Waals surface area contributed by atoms with Crippen LogP contribution in [0.5, 0.6) is 17.2 Å². The molecule has 2 aromatic rings. The van der Waals surface area contributed by atoms with E-state index < -0.39 is 10.0 Å². The molecule has 154 valence electrons. The van der Waals surface area contributed by atoms with Gasteiger partial charge in [-0.2, -0.15) is 4.31 Å². The number of benzene rings is 2. The average molecular weight is 410 g/mol. The van der Waals surface area contributed by atoms with Crippen molar-refractivity contribution < 1.29 is 27.4 Å². The molecule has 0 radical (unpaired) electrons. The molecule has 7 nitrogen and oxygen atoms in total. The van der Waals surface area contributed by atoms with Crippen LogP contribution >= 0.6 is 0 Å². The van der Waals surface area contributed by atoms with Gasteiger partial charge in [0.25, 0.3) is 0 Å². The fourth-order valence-electron chi connectivity index (χ4n) is 2.65. The summed E-state index contributed by atoms with van der Waals surface area (Å²) in [6.45, 7) is 2.99. The van der Waals surface area contributed by atoms with Crippen LogP contribution < -0.4 is 14.2 Å². The topological polar surface area (TPSA) is 74.3 Å². The molecular formula is C20H27NO6S. The van der Waals surface area contributed by atoms with E-state index in [1.165, 1.54) is 16.4 Å². The smallest absolute Gasteiger partial charge is 0.243 e. The summed E-state index contributed by atoms with van der Waals surface area (Å²) in [5.41, 5.74) is 1.75. The number of hydrogen-bond acceptors (Lipinski definition) is 6. The number of sulfonamides is 1. The molecule has 0 heterocycles. The van der Waals surface area contributed by atoms with E-state index in [-0.39, 0.29) is 11.4 Å². The van der Waals surface area contributed by atoms with Crippen molar-refractivity contribution in [3.05, 3.63) is 47.5 Å². The van der Waals surface area contributed by atoms with Gasteiger partial charge in [-0.3, -0.25) is 0 Å². The van der Waals surface area contributed by atoms with Gasteiger partial charge in [-0.15, -0.1) is 0 Å². The molecule has 0 amide bonds. The Labute approximate surface area is 166 Å². The zero-order valence-electron chi connectivity index (χ0n) is 16.9. The fourth-order valence-corrected chi connectivity index (χ4v) is 3.80. The molecule has 0 spiro atoms. The predicted octanol–water partition coefficient (Wildman–Crippen LogP) is 2.86. The molecule has 0 saturated heterocycles. The summed E-state index contributed by atoms with van der Waals surface area (Å²) in [4.78, 5) is 0.201. The Hall–Kier alpha value is -2.29. The summed E-state index contributed by atoms with van der Waals surface area (Å²) in [6.07, 6.45) is 0. The highest BCUT2D eigenvalue weighted by Crippen LogP contribution is 2.31. The van der Waals surface area contributed by atoms with Crippen LogP contribution in [0.25, 0.3) is 0 Å². The highest BCUT2D eigenvalue weighted by Gasteiger charge is 2.22. The number of rotatable bonds is 10. The van der Waals surface area contributed by atoms with Crippen molar-refractivity contribution in [3.63, 3.8) is 0 Å². The van der Waals surface area contributed by atoms with Crippen LogP contribution in [0.4, 0.5) is 0 Å². The van der Waals surface area contributed by atoms with E-state index in [1.807, 2.05) is 13.0 Å². The molecule has 0 aliphatic heterocycles. The van der Waals surface area contributed by atoms with Gasteiger partial charge in [0.2, 0.25) is 10.0 Å². The molecule has 0 fully saturated rings. The van der Waals surface area contributed by atoms with Crippen LogP contribution in [-0.4, -0.2) is 54.3 Å². The zero-order chi connectivity index (χ0) is 20.7. The third kappa shape index (κ3) is 5.15. The molecule has 0 saturated carbocycles. The van der Waals surface area contributed by atoms with Crippen molar-refractivity contribution >= 4 is 10.0 Å². The summed E-state index contributed by atoms with van der Waals surface area (Å²) in [5, 5.41) is 0. The van der Waals surface area contributed by atoms with Gasteiger partial charge in [-0.05, 0) is 54.4 Å². The molecule has 2 aromatic carbocycles. The second-order valence-electron chi connectivity index (χ2n) is 6.21. The minimum absolute atomic E-state index is 0.201. The summed E-state index contributed by atoms with van der Waals surface area (Å²) in [6, 6.07) is 9.98. The number of hydrogen-bond donors (Lipinski definition) is 0. The molecule has 0 atom stereocenters. The third-order valence-electron chi connectivity index (χ3n) is 4.32. The Balaban J connectivity index is 2.18. The summed E-state index contributed by atoms with van der Waals surface area (Å²) in [5.74, 6) is 1.76. The monoisotopic (exact) mass is 409 g/mol. The van der Waals surface area contributed by atoms with E-state index in [4.69, 9.17) is 18.9 Å². The molecule has 0 bridgehead atoms. The van der Waals surface area contributed by atoms with E-state index >= 15 is 0 Å². The van der Waals surface area contributed by atoms with Crippen LogP contribution in [0.3, 0.4) is 0 Å². The quantitative estimate of drug-likeness (QED) is 0.562. The minimum Gasteiger partial charge on any atom is -0.493 e. The van der Waals surface area contributed by atoms with Gasteiger partial charge < -0.3 is 18.9 Å². The Morgan fingerprint density at radius 1 is 0.929 bits per heavy atom. The lowest BCUT2D eigenvalue weighted by Crippen LogP contribution is -2.26. The molecule has 0 aliphatic carbocycles. The van der Waals surface area contributed by atoms with Crippen molar-refractivity contribution in [1.29, 1.82) is 0 Å². The first-order chi connectivity index (χ1) is 13.3. The molecule has 0 unspecified atom stereocenters. The molecule has 0 aliphatic rings. The van der Waals surface area contributed by atoms with Gasteiger partial charge in [0.05, 0.1) is 25.7 Å². The van der Waals surface area contributed by atoms with Crippen LogP contribution in [-0.2, 0) is 21.3 Å². The lowest BCUT2D eigenvalue weighted by molar-refractivity contribution is 0.146. The zero-order valence-corrected chi connectivity index (χ0v) is 17.7. The van der Waals surface area contributed by atoms with Crippen LogP contribution in [0.2, 0.25) is 0 Å². The Morgan fingerprint density at radius 2 is 1.54 bits per heavy atom. The molecule has 0 aromatic heterocycles. The maximum absolute atomic E-state index is 12.9. The maximum atomic E-state index is 12.9. The second kappa shape index (κ2) is 9.77. The SMILES string of the molecule is COCCOc1ccc(S(=O)(=O)N(C)Cc2cc(OC)c(OC)cc2C)cc1. The molecular weight excluding hydrogens is 382 g/mol. The molecule has 2 rings (SSSR count). The average Bonchev–Trinajstić information content (AvgIpc) is 2.69. The van der Waals surface area contributed by atoms with Gasteiger partial charge in [-0.25, -0.2) is 8.42 Å². The fraction of sp³-hybridized carbons (Fsp3) is 0.400. The van der Waals surface area contributed by atoms with Crippen LogP contribution in [0, 0.1) is 6.92 Å². The number of aryl methyl sites for hydroxylation is 1. The van der Waals surface area contributed by atoms with Crippen molar-refractivity contribution in [3.8, 4) is 17.2 Å². The first-order valence-electron chi connectivity index (χ1n) is 8.73. The van der Waals surface area contributed by atoms with Crippen molar-refractivity contribution in [2.75, 3.05) is 41.6 Å². The van der Waals surface area contributed by atoms with E-state index in [9.17, 15) is 8.42 Å². The summed E-state index contributed by atoms with van der Waals surface area (Å²) in [7, 11) is 2.61. The normalized spacial score (nSPS) is 11.5. The van der Waals surface area contributed by atoms with Gasteiger partial charge >= 0.3 is 0 Å². The number of ether oxygens (including phenoxy) is 4. The van der Waals surface area contributed by atoms with E-state index in [0.717, 1.165) is 11.1 Å². The summed E-state index contributed by atoms with van der Waals surface area (Å²) < 4.78 is 48.1. The van der Waals surface area contributed by atoms with Crippen molar-refractivity contribution in [2.45, 2.75) is 18.4 Å². The van der Waals surface area contributed by atoms with Crippen molar-refractivity contribution in [1.82, 2.24) is 4.31 Å². The lowest BCUT2D eigenvalue weighted by Gasteiger charge is -2.20. The van der Waals surface area contributed by atoms with E-state index in [2.05, 4.69) is 0 Å². The minimum atomic E-state index is -3.65. The molecule has 28 heavy (non-hydrogen) atoms. The van der Waals surface area contributed by atoms with Crippen LogP contribution in [0.15, 0.2) is 41.3 Å². The van der Waals surface area contributed by atoms with Crippen LogP contribution in [0.1, 0.15) is 11.1 Å². The second-order valence-corrected chi connectivity index (χ2v) is 8.25. The van der Waals surface area contributed by atoms with E-state index in [0.29, 0.717) is 30.5 Å². The van der Waals surface area contributed by atoms with Gasteiger partial charge in [0, 0.05) is 20.7 Å². The Kier molecular flexibility index (Phi) is 7.68. The molecule has 8 heteroatoms. The highest BCUT2D eigenvalue weighted by molar-refractivity contribution is 7.89. The van der Waals surface area contributed by atoms with Crippen molar-refractivity contribution in [2.24, 2.45) is 0 Å². The summed E-state index contributed by atoms with van der Waals surface area (Å²) >= 11 is 0. The standard InChI is InChI=1S/C20H27NO6S/c1-15-12-19(25-4)20(26-5)13-16(15)14-21(2)28(22,23)18-8-6-17(7-9-18)27-11-10-24-3/h6-9,12-13H,10-11,14H2,1-5H3. The van der Waals surface area contributed by atoms with E-state index in [1.54, 1.807) is 46.6 Å². The Morgan fingerprint density at radius 3 is 2.11 bits per heavy atom. The lowest BCUT2D eigenvalue weighted by atomic mass is 10.1. The van der Waals surface area contributed by atoms with Gasteiger partial charge in [0.15, 0.2) is 11.5 Å². The number of methoxy groups -OCH3 is 3. The first kappa shape index (κ1) is 22.0. The largest absolute Gasteiger partial charge is 0.493 e. The number of nitrogens with zero attached hydrogens (tertiary/aromatic N) is 1. The first-order valence-corrected chi connectivity index (χ1v) is 10.2. The van der Waals surface area contributed by atoms with Gasteiger partial charge in [-0.1, -0.05) is 0 Å². The highest BCUT2D eigenvalue weighted by atomic mass is 32.2. The maximum Gasteiger partial charge on any atom is 0.243 e. The molecule has 0 N–H and O–H groups in total.